The Morgan fingerprint density at radius 3 is 2.05 bits per heavy atom. The van der Waals surface area contributed by atoms with Crippen LogP contribution < -0.4 is 9.64 Å². The molecule has 0 aliphatic rings. The predicted molar refractivity (Wildman–Crippen MR) is 163 cm³/mol. The third-order valence-corrected chi connectivity index (χ3v) is 7.12. The van der Waals surface area contributed by atoms with Gasteiger partial charge in [0.15, 0.2) is 0 Å². The maximum atomic E-state index is 14.4. The van der Waals surface area contributed by atoms with Gasteiger partial charge in [0.2, 0.25) is 11.8 Å². The first-order valence-corrected chi connectivity index (χ1v) is 13.8. The lowest BCUT2D eigenvalue weighted by Gasteiger charge is -2.27. The van der Waals surface area contributed by atoms with Gasteiger partial charge in [-0.2, -0.15) is 0 Å². The van der Waals surface area contributed by atoms with Gasteiger partial charge >= 0.3 is 0 Å². The van der Waals surface area contributed by atoms with E-state index >= 15 is 0 Å². The molecule has 0 bridgehead atoms. The van der Waals surface area contributed by atoms with Crippen LogP contribution in [0.5, 0.6) is 11.5 Å². The van der Waals surface area contributed by atoms with Gasteiger partial charge in [0.05, 0.1) is 0 Å². The summed E-state index contributed by atoms with van der Waals surface area (Å²) in [5.74, 6) is -1.37. The predicted octanol–water partition coefficient (Wildman–Crippen LogP) is 6.00. The zero-order valence-corrected chi connectivity index (χ0v) is 24.2. The number of anilines is 1. The van der Waals surface area contributed by atoms with E-state index in [0.29, 0.717) is 29.2 Å². The molecule has 0 aliphatic carbocycles. The number of amides is 3. The molecule has 1 N–H and O–H groups in total. The second-order valence-electron chi connectivity index (χ2n) is 10.3. The number of ether oxygens (including phenoxy) is 1. The van der Waals surface area contributed by atoms with Crippen LogP contribution in [0.2, 0.25) is 0 Å². The van der Waals surface area contributed by atoms with Crippen molar-refractivity contribution >= 4 is 34.3 Å². The average Bonchev–Trinajstić information content (AvgIpc) is 3.48. The molecule has 0 spiro atoms. The Morgan fingerprint density at radius 1 is 0.750 bits per heavy atom. The van der Waals surface area contributed by atoms with Crippen LogP contribution in [0, 0.1) is 11.6 Å². The summed E-state index contributed by atoms with van der Waals surface area (Å²) in [7, 11) is 3.18. The number of likely N-dealkylation sites (N-methyl/N-ethyl adjacent to an activating group) is 2. The lowest BCUT2D eigenvalue weighted by atomic mass is 10.2. The Bertz CT molecular complexity index is 1770. The van der Waals surface area contributed by atoms with E-state index in [4.69, 9.17) is 4.74 Å². The molecule has 0 atom stereocenters. The van der Waals surface area contributed by atoms with Gasteiger partial charge in [0.25, 0.3) is 5.91 Å². The van der Waals surface area contributed by atoms with Gasteiger partial charge in [-0.05, 0) is 72.3 Å². The Kier molecular flexibility index (Phi) is 8.99. The lowest BCUT2D eigenvalue weighted by Crippen LogP contribution is -2.46. The van der Waals surface area contributed by atoms with Crippen molar-refractivity contribution in [1.82, 2.24) is 14.8 Å². The quantitative estimate of drug-likeness (QED) is 0.214. The van der Waals surface area contributed by atoms with Crippen LogP contribution in [-0.4, -0.2) is 59.7 Å². The molecule has 8 nitrogen and oxygen atoms in total. The third-order valence-electron chi connectivity index (χ3n) is 7.12. The van der Waals surface area contributed by atoms with Gasteiger partial charge in [-0.25, -0.2) is 8.78 Å². The maximum absolute atomic E-state index is 14.4. The number of nitrogens with one attached hydrogen (secondary N) is 1. The van der Waals surface area contributed by atoms with Crippen molar-refractivity contribution in [2.45, 2.75) is 6.54 Å². The van der Waals surface area contributed by atoms with E-state index < -0.39 is 24.2 Å². The number of benzene rings is 4. The largest absolute Gasteiger partial charge is 0.457 e. The molecule has 4 aromatic carbocycles. The van der Waals surface area contributed by atoms with Gasteiger partial charge in [0.1, 0.15) is 41.9 Å². The molecule has 5 aromatic rings. The molecule has 224 valence electrons. The lowest BCUT2D eigenvalue weighted by molar-refractivity contribution is -0.131. The number of aromatic amines is 1. The molecule has 0 unspecified atom stereocenters. The fraction of sp³-hybridized carbons (Fsp3) is 0.147. The van der Waals surface area contributed by atoms with Gasteiger partial charge < -0.3 is 24.4 Å². The van der Waals surface area contributed by atoms with E-state index in [1.807, 2.05) is 30.3 Å². The highest BCUT2D eigenvalue weighted by Gasteiger charge is 2.26. The number of rotatable bonds is 10. The minimum atomic E-state index is -0.619. The summed E-state index contributed by atoms with van der Waals surface area (Å²) >= 11 is 0. The molecule has 5 rings (SSSR count). The number of carbonyl (C=O) groups is 3. The second-order valence-corrected chi connectivity index (χ2v) is 10.3. The summed E-state index contributed by atoms with van der Waals surface area (Å²) in [6.45, 7) is -0.463. The van der Waals surface area contributed by atoms with Gasteiger partial charge in [-0.1, -0.05) is 36.4 Å². The molecule has 0 radical (unpaired) electrons. The second kappa shape index (κ2) is 13.2. The highest BCUT2D eigenvalue weighted by Crippen LogP contribution is 2.25. The Hall–Kier alpha value is -5.51. The molecule has 1 aromatic heterocycles. The monoisotopic (exact) mass is 596 g/mol. The van der Waals surface area contributed by atoms with E-state index in [2.05, 4.69) is 4.98 Å². The molecule has 44 heavy (non-hydrogen) atoms. The zero-order valence-electron chi connectivity index (χ0n) is 24.2. The van der Waals surface area contributed by atoms with Crippen molar-refractivity contribution in [1.29, 1.82) is 0 Å². The van der Waals surface area contributed by atoms with Crippen LogP contribution in [0.25, 0.3) is 10.9 Å². The molecular weight excluding hydrogens is 566 g/mol. The van der Waals surface area contributed by atoms with E-state index in [0.717, 1.165) is 10.5 Å². The van der Waals surface area contributed by atoms with Crippen molar-refractivity contribution in [3.05, 3.63) is 126 Å². The van der Waals surface area contributed by atoms with Gasteiger partial charge in [-0.15, -0.1) is 0 Å². The number of H-pyrrole nitrogens is 1. The van der Waals surface area contributed by atoms with Crippen LogP contribution >= 0.6 is 0 Å². The first kappa shape index (κ1) is 30.0. The number of hydrogen-bond donors (Lipinski definition) is 1. The standard InChI is InChI=1S/C34H30F2N4O4/c1-38(20-23-7-4-3-5-8-23)32(41)21-40(34(43)31-19-28-29(36)9-6-10-30(28)37-31)22-33(42)39(2)25-13-17-27(18-14-25)44-26-15-11-24(35)12-16-26/h3-19,37H,20-22H2,1-2H3. The Labute approximate surface area is 253 Å². The molecule has 0 saturated carbocycles. The third kappa shape index (κ3) is 7.09. The molecule has 3 amide bonds. The molecule has 10 heteroatoms. The first-order chi connectivity index (χ1) is 21.2. The number of fused-ring (bicyclic) bond motifs is 1. The maximum Gasteiger partial charge on any atom is 0.271 e. The SMILES string of the molecule is CN(Cc1ccccc1)C(=O)CN(CC(=O)N(C)c1ccc(Oc2ccc(F)cc2)cc1)C(=O)c1cc2c(F)cccc2[nH]1. The fourth-order valence-corrected chi connectivity index (χ4v) is 4.62. The van der Waals surface area contributed by atoms with Crippen LogP contribution in [0.1, 0.15) is 16.1 Å². The number of halogens is 2. The summed E-state index contributed by atoms with van der Waals surface area (Å²) in [6, 6.07) is 27.5. The van der Waals surface area contributed by atoms with Crippen LogP contribution in [0.15, 0.2) is 103 Å². The summed E-state index contributed by atoms with van der Waals surface area (Å²) in [6.07, 6.45) is 0. The molecular formula is C34H30F2N4O4. The molecule has 1 heterocycles. The molecule has 0 saturated heterocycles. The summed E-state index contributed by atoms with van der Waals surface area (Å²) < 4.78 is 33.3. The van der Waals surface area contributed by atoms with Crippen molar-refractivity contribution in [3.63, 3.8) is 0 Å². The van der Waals surface area contributed by atoms with Gasteiger partial charge in [-0.3, -0.25) is 14.4 Å². The minimum Gasteiger partial charge on any atom is -0.457 e. The van der Waals surface area contributed by atoms with Crippen molar-refractivity contribution in [2.75, 3.05) is 32.1 Å². The normalized spacial score (nSPS) is 10.8. The van der Waals surface area contributed by atoms with Crippen LogP contribution in [-0.2, 0) is 16.1 Å². The van der Waals surface area contributed by atoms with E-state index in [-0.39, 0.29) is 29.3 Å². The van der Waals surface area contributed by atoms with Crippen LogP contribution in [0.4, 0.5) is 14.5 Å². The average molecular weight is 597 g/mol. The summed E-state index contributed by atoms with van der Waals surface area (Å²) in [5, 5.41) is 0.231. The van der Waals surface area contributed by atoms with Crippen molar-refractivity contribution in [3.8, 4) is 11.5 Å². The topological polar surface area (TPSA) is 85.9 Å². The number of nitrogens with zero attached hydrogens (tertiary/aromatic N) is 3. The number of hydrogen-bond acceptors (Lipinski definition) is 4. The van der Waals surface area contributed by atoms with E-state index in [1.54, 1.807) is 44.4 Å². The van der Waals surface area contributed by atoms with Crippen LogP contribution in [0.3, 0.4) is 0 Å². The van der Waals surface area contributed by atoms with Crippen molar-refractivity contribution in [2.24, 2.45) is 0 Å². The first-order valence-electron chi connectivity index (χ1n) is 13.8. The zero-order chi connectivity index (χ0) is 31.2. The highest BCUT2D eigenvalue weighted by molar-refractivity contribution is 6.03. The molecule has 0 fully saturated rings. The highest BCUT2D eigenvalue weighted by atomic mass is 19.1. The fourth-order valence-electron chi connectivity index (χ4n) is 4.62. The van der Waals surface area contributed by atoms with Crippen molar-refractivity contribution < 1.29 is 27.9 Å². The molecule has 0 aliphatic heterocycles. The Balaban J connectivity index is 1.32. The summed E-state index contributed by atoms with van der Waals surface area (Å²) in [4.78, 5) is 47.3. The smallest absolute Gasteiger partial charge is 0.271 e. The number of carbonyl (C=O) groups excluding carboxylic acids is 3. The Morgan fingerprint density at radius 2 is 1.39 bits per heavy atom. The van der Waals surface area contributed by atoms with E-state index in [1.165, 1.54) is 52.3 Å². The van der Waals surface area contributed by atoms with E-state index in [9.17, 15) is 23.2 Å². The number of aromatic nitrogens is 1. The minimum absolute atomic E-state index is 0.0568. The summed E-state index contributed by atoms with van der Waals surface area (Å²) in [5.41, 5.74) is 1.91. The van der Waals surface area contributed by atoms with Gasteiger partial charge in [0, 0.05) is 37.2 Å².